The number of aromatic amines is 1. The summed E-state index contributed by atoms with van der Waals surface area (Å²) in [5.41, 5.74) is 4.94. The molecule has 0 unspecified atom stereocenters. The molecule has 5 rings (SSSR count). The third-order valence-electron chi connectivity index (χ3n) is 5.23. The lowest BCUT2D eigenvalue weighted by molar-refractivity contribution is 0.585. The van der Waals surface area contributed by atoms with E-state index in [4.69, 9.17) is 0 Å². The van der Waals surface area contributed by atoms with Crippen LogP contribution in [0.4, 0.5) is 19.6 Å². The number of fused-ring (bicyclic) bond motifs is 1. The zero-order valence-corrected chi connectivity index (χ0v) is 17.9. The van der Waals surface area contributed by atoms with Crippen molar-refractivity contribution in [2.24, 2.45) is 0 Å². The number of nitrogens with one attached hydrogen (secondary N) is 3. The fourth-order valence-electron chi connectivity index (χ4n) is 3.61. The van der Waals surface area contributed by atoms with Gasteiger partial charge in [0.1, 0.15) is 16.6 Å². The van der Waals surface area contributed by atoms with Crippen LogP contribution in [0.25, 0.3) is 32.6 Å². The van der Waals surface area contributed by atoms with E-state index in [-0.39, 0.29) is 0 Å². The predicted molar refractivity (Wildman–Crippen MR) is 126 cm³/mol. The number of anilines is 2. The van der Waals surface area contributed by atoms with E-state index in [9.17, 15) is 8.78 Å². The van der Waals surface area contributed by atoms with Gasteiger partial charge < -0.3 is 15.6 Å². The van der Waals surface area contributed by atoms with Crippen molar-refractivity contribution in [3.63, 3.8) is 0 Å². The lowest BCUT2D eigenvalue weighted by Gasteiger charge is -2.05. The van der Waals surface area contributed by atoms with Gasteiger partial charge in [-0.25, -0.2) is 8.78 Å². The van der Waals surface area contributed by atoms with Crippen LogP contribution in [0, 0.1) is 11.6 Å². The second kappa shape index (κ2) is 8.39. The zero-order valence-electron chi connectivity index (χ0n) is 17.1. The second-order valence-corrected chi connectivity index (χ2v) is 8.28. The van der Waals surface area contributed by atoms with Crippen molar-refractivity contribution >= 4 is 33.1 Å². The highest BCUT2D eigenvalue weighted by Crippen LogP contribution is 2.35. The molecular formula is C24H19F2N5S. The minimum absolute atomic E-state index is 0.346. The maximum atomic E-state index is 14.4. The summed E-state index contributed by atoms with van der Waals surface area (Å²) in [4.78, 5) is 3.15. The molecule has 3 aromatic carbocycles. The molecule has 0 saturated carbocycles. The second-order valence-electron chi connectivity index (χ2n) is 7.30. The molecule has 160 valence electrons. The number of hydrogen-bond donors (Lipinski definition) is 3. The maximum absolute atomic E-state index is 14.4. The Labute approximate surface area is 187 Å². The molecule has 0 atom stereocenters. The highest BCUT2D eigenvalue weighted by atomic mass is 32.1. The van der Waals surface area contributed by atoms with Crippen molar-refractivity contribution in [3.05, 3.63) is 84.1 Å². The van der Waals surface area contributed by atoms with Crippen LogP contribution >= 0.6 is 11.3 Å². The van der Waals surface area contributed by atoms with Crippen LogP contribution in [0.5, 0.6) is 0 Å². The molecule has 0 spiro atoms. The van der Waals surface area contributed by atoms with Crippen molar-refractivity contribution in [1.29, 1.82) is 0 Å². The van der Waals surface area contributed by atoms with Crippen molar-refractivity contribution in [3.8, 4) is 21.7 Å². The normalized spacial score (nSPS) is 11.1. The molecule has 5 aromatic rings. The zero-order chi connectivity index (χ0) is 22.1. The number of rotatable bonds is 6. The topological polar surface area (TPSA) is 65.6 Å². The number of aromatic nitrogens is 3. The van der Waals surface area contributed by atoms with Gasteiger partial charge in [0.25, 0.3) is 0 Å². The van der Waals surface area contributed by atoms with Crippen LogP contribution in [-0.2, 0) is 6.54 Å². The average molecular weight is 448 g/mol. The Morgan fingerprint density at radius 3 is 2.72 bits per heavy atom. The first-order valence-corrected chi connectivity index (χ1v) is 10.8. The number of nitrogens with zero attached hydrogens (tertiary/aromatic N) is 2. The van der Waals surface area contributed by atoms with E-state index in [1.165, 1.54) is 23.5 Å². The third-order valence-corrected chi connectivity index (χ3v) is 6.16. The van der Waals surface area contributed by atoms with Gasteiger partial charge in [-0.15, -0.1) is 10.2 Å². The van der Waals surface area contributed by atoms with Crippen LogP contribution < -0.4 is 10.6 Å². The van der Waals surface area contributed by atoms with Gasteiger partial charge in [0.15, 0.2) is 0 Å². The van der Waals surface area contributed by atoms with Crippen LogP contribution in [0.2, 0.25) is 0 Å². The minimum atomic E-state index is -0.599. The van der Waals surface area contributed by atoms with E-state index in [1.54, 1.807) is 6.20 Å². The van der Waals surface area contributed by atoms with Crippen molar-refractivity contribution in [2.45, 2.75) is 6.54 Å². The molecule has 5 nitrogen and oxygen atoms in total. The maximum Gasteiger partial charge on any atom is 0.206 e. The van der Waals surface area contributed by atoms with E-state index in [0.717, 1.165) is 38.8 Å². The first kappa shape index (κ1) is 20.1. The summed E-state index contributed by atoms with van der Waals surface area (Å²) in [6.45, 7) is 0.634. The quantitative estimate of drug-likeness (QED) is 0.286. The summed E-state index contributed by atoms with van der Waals surface area (Å²) in [6.07, 6.45) is 1.73. The van der Waals surface area contributed by atoms with Gasteiger partial charge >= 0.3 is 0 Å². The number of benzene rings is 3. The largest absolute Gasteiger partial charge is 0.388 e. The molecule has 0 bridgehead atoms. The first-order chi connectivity index (χ1) is 15.6. The van der Waals surface area contributed by atoms with Crippen LogP contribution in [0.1, 0.15) is 5.56 Å². The lowest BCUT2D eigenvalue weighted by Crippen LogP contribution is -1.99. The highest BCUT2D eigenvalue weighted by Gasteiger charge is 2.14. The van der Waals surface area contributed by atoms with E-state index < -0.39 is 11.6 Å². The summed E-state index contributed by atoms with van der Waals surface area (Å²) in [7, 11) is 1.89. The number of hydrogen-bond acceptors (Lipinski definition) is 5. The van der Waals surface area contributed by atoms with Crippen molar-refractivity contribution in [1.82, 2.24) is 15.2 Å². The molecule has 3 N–H and O–H groups in total. The van der Waals surface area contributed by atoms with Gasteiger partial charge in [0, 0.05) is 59.1 Å². The SMILES string of the molecule is CNc1cccc(CNc2nnc(-c3ccc4[nH]cc(-c5ccc(F)cc5F)c4c3)s2)c1. The molecule has 0 amide bonds. The summed E-state index contributed by atoms with van der Waals surface area (Å²) in [6, 6.07) is 17.6. The Hall–Kier alpha value is -3.78. The summed E-state index contributed by atoms with van der Waals surface area (Å²) in [5.74, 6) is -1.19. The number of halogens is 2. The van der Waals surface area contributed by atoms with Crippen molar-refractivity contribution < 1.29 is 8.78 Å². The molecule has 2 aromatic heterocycles. The molecule has 0 aliphatic heterocycles. The third kappa shape index (κ3) is 3.92. The fourth-order valence-corrected chi connectivity index (χ4v) is 4.35. The van der Waals surface area contributed by atoms with Crippen molar-refractivity contribution in [2.75, 3.05) is 17.7 Å². The van der Waals surface area contributed by atoms with E-state index in [0.29, 0.717) is 22.8 Å². The summed E-state index contributed by atoms with van der Waals surface area (Å²) >= 11 is 1.45. The summed E-state index contributed by atoms with van der Waals surface area (Å²) < 4.78 is 27.7. The minimum Gasteiger partial charge on any atom is -0.388 e. The highest BCUT2D eigenvalue weighted by molar-refractivity contribution is 7.18. The smallest absolute Gasteiger partial charge is 0.206 e. The molecule has 0 radical (unpaired) electrons. The van der Waals surface area contributed by atoms with Crippen LogP contribution in [0.15, 0.2) is 66.9 Å². The fraction of sp³-hybridized carbons (Fsp3) is 0.0833. The number of H-pyrrole nitrogens is 1. The summed E-state index contributed by atoms with van der Waals surface area (Å²) in [5, 5.41) is 17.3. The Kier molecular flexibility index (Phi) is 5.28. The predicted octanol–water partition coefficient (Wildman–Crippen LogP) is 6.29. The van der Waals surface area contributed by atoms with Gasteiger partial charge in [-0.1, -0.05) is 23.5 Å². The molecule has 0 aliphatic rings. The van der Waals surface area contributed by atoms with Gasteiger partial charge in [-0.2, -0.15) is 0 Å². The van der Waals surface area contributed by atoms with E-state index in [1.807, 2.05) is 43.4 Å². The van der Waals surface area contributed by atoms with E-state index in [2.05, 4.69) is 31.9 Å². The van der Waals surface area contributed by atoms with Gasteiger partial charge in [-0.3, -0.25) is 0 Å². The lowest BCUT2D eigenvalue weighted by atomic mass is 10.0. The molecular weight excluding hydrogens is 428 g/mol. The molecule has 0 fully saturated rings. The average Bonchev–Trinajstić information content (AvgIpc) is 3.45. The first-order valence-electron chi connectivity index (χ1n) is 10.0. The van der Waals surface area contributed by atoms with E-state index >= 15 is 0 Å². The standard InChI is InChI=1S/C24H19F2N5S/c1-27-17-4-2-3-14(9-17)12-29-24-31-30-23(32-24)15-5-8-22-19(10-15)20(13-28-22)18-7-6-16(25)11-21(18)26/h2-11,13,27-28H,12H2,1H3,(H,29,31). The van der Waals surface area contributed by atoms with Crippen LogP contribution in [0.3, 0.4) is 0 Å². The molecule has 32 heavy (non-hydrogen) atoms. The molecule has 2 heterocycles. The van der Waals surface area contributed by atoms with Gasteiger partial charge in [0.05, 0.1) is 0 Å². The Morgan fingerprint density at radius 2 is 1.88 bits per heavy atom. The Morgan fingerprint density at radius 1 is 0.969 bits per heavy atom. The Balaban J connectivity index is 1.41. The monoisotopic (exact) mass is 447 g/mol. The van der Waals surface area contributed by atoms with Crippen LogP contribution in [-0.4, -0.2) is 22.2 Å². The molecule has 8 heteroatoms. The van der Waals surface area contributed by atoms with Gasteiger partial charge in [-0.05, 0) is 48.0 Å². The molecule has 0 aliphatic carbocycles. The molecule has 0 saturated heterocycles. The Bertz CT molecular complexity index is 1410. The van der Waals surface area contributed by atoms with Gasteiger partial charge in [0.2, 0.25) is 5.13 Å².